The first-order chi connectivity index (χ1) is 8.60. The summed E-state index contributed by atoms with van der Waals surface area (Å²) >= 11 is 0. The zero-order valence-corrected chi connectivity index (χ0v) is 10.9. The molecule has 1 rings (SSSR count). The molecule has 96 valence electrons. The average Bonchev–Trinajstić information content (AvgIpc) is 2.39. The third-order valence-electron chi connectivity index (χ3n) is 2.89. The van der Waals surface area contributed by atoms with E-state index in [4.69, 9.17) is 11.0 Å². The number of likely N-dealkylation sites (N-methyl/N-ethyl adjacent to an activating group) is 1. The van der Waals surface area contributed by atoms with Gasteiger partial charge in [-0.1, -0.05) is 29.8 Å². The van der Waals surface area contributed by atoms with Crippen LogP contribution in [-0.2, 0) is 4.79 Å². The Morgan fingerprint density at radius 1 is 1.44 bits per heavy atom. The van der Waals surface area contributed by atoms with Gasteiger partial charge in [0.15, 0.2) is 0 Å². The Morgan fingerprint density at radius 2 is 2.06 bits per heavy atom. The van der Waals surface area contributed by atoms with Crippen LogP contribution in [-0.4, -0.2) is 23.9 Å². The lowest BCUT2D eigenvalue weighted by atomic mass is 10.0. The molecule has 4 nitrogen and oxygen atoms in total. The van der Waals surface area contributed by atoms with Crippen molar-refractivity contribution in [3.8, 4) is 6.07 Å². The first-order valence-corrected chi connectivity index (χ1v) is 6.08. The number of nitrogens with zero attached hydrogens (tertiary/aromatic N) is 2. The number of rotatable bonds is 5. The smallest absolute Gasteiger partial charge is 0.244 e. The molecule has 0 aromatic heterocycles. The summed E-state index contributed by atoms with van der Waals surface area (Å²) in [6, 6.07) is 9.01. The lowest BCUT2D eigenvalue weighted by Gasteiger charge is -2.23. The fourth-order valence-electron chi connectivity index (χ4n) is 1.72. The van der Waals surface area contributed by atoms with Crippen molar-refractivity contribution in [3.63, 3.8) is 0 Å². The van der Waals surface area contributed by atoms with Gasteiger partial charge in [-0.25, -0.2) is 0 Å². The first-order valence-electron chi connectivity index (χ1n) is 6.08. The van der Waals surface area contributed by atoms with Gasteiger partial charge in [-0.15, -0.1) is 0 Å². The quantitative estimate of drug-likeness (QED) is 0.859. The van der Waals surface area contributed by atoms with E-state index in [1.54, 1.807) is 4.90 Å². The van der Waals surface area contributed by atoms with E-state index in [9.17, 15) is 4.79 Å². The molecular weight excluding hydrogens is 226 g/mol. The van der Waals surface area contributed by atoms with E-state index in [0.717, 1.165) is 11.1 Å². The van der Waals surface area contributed by atoms with E-state index >= 15 is 0 Å². The molecule has 1 unspecified atom stereocenters. The molecule has 18 heavy (non-hydrogen) atoms. The predicted octanol–water partition coefficient (Wildman–Crippen LogP) is 1.76. The van der Waals surface area contributed by atoms with E-state index in [1.807, 2.05) is 44.2 Å². The highest BCUT2D eigenvalue weighted by atomic mass is 16.2. The molecule has 1 aromatic rings. The number of aryl methyl sites for hydroxylation is 1. The predicted molar refractivity (Wildman–Crippen MR) is 70.6 cm³/mol. The van der Waals surface area contributed by atoms with Gasteiger partial charge in [0.25, 0.3) is 0 Å². The minimum Gasteiger partial charge on any atom is -0.340 e. The highest BCUT2D eigenvalue weighted by molar-refractivity contribution is 5.83. The zero-order valence-electron chi connectivity index (χ0n) is 10.9. The number of nitriles is 1. The van der Waals surface area contributed by atoms with Crippen molar-refractivity contribution in [2.24, 2.45) is 5.73 Å². The van der Waals surface area contributed by atoms with E-state index in [1.165, 1.54) is 0 Å². The molecule has 1 amide bonds. The first kappa shape index (κ1) is 14.2. The third kappa shape index (κ3) is 3.57. The van der Waals surface area contributed by atoms with Crippen molar-refractivity contribution in [1.82, 2.24) is 4.90 Å². The van der Waals surface area contributed by atoms with Gasteiger partial charge >= 0.3 is 0 Å². The van der Waals surface area contributed by atoms with Crippen LogP contribution in [0.25, 0.3) is 0 Å². The second-order valence-electron chi connectivity index (χ2n) is 4.21. The van der Waals surface area contributed by atoms with Crippen LogP contribution in [0.15, 0.2) is 24.3 Å². The molecule has 0 saturated carbocycles. The molecule has 4 heteroatoms. The van der Waals surface area contributed by atoms with E-state index in [0.29, 0.717) is 19.5 Å². The Morgan fingerprint density at radius 3 is 2.56 bits per heavy atom. The number of nitrogens with two attached hydrogens (primary N) is 1. The van der Waals surface area contributed by atoms with Crippen molar-refractivity contribution in [2.75, 3.05) is 13.1 Å². The van der Waals surface area contributed by atoms with Gasteiger partial charge in [0, 0.05) is 13.1 Å². The lowest BCUT2D eigenvalue weighted by Crippen LogP contribution is -2.39. The monoisotopic (exact) mass is 245 g/mol. The highest BCUT2D eigenvalue weighted by Crippen LogP contribution is 2.14. The number of benzene rings is 1. The van der Waals surface area contributed by atoms with Crippen molar-refractivity contribution in [3.05, 3.63) is 35.4 Å². The molecule has 0 saturated heterocycles. The van der Waals surface area contributed by atoms with Crippen LogP contribution < -0.4 is 5.73 Å². The summed E-state index contributed by atoms with van der Waals surface area (Å²) < 4.78 is 0. The maximum absolute atomic E-state index is 12.2. The number of hydrogen-bond donors (Lipinski definition) is 1. The zero-order chi connectivity index (χ0) is 13.5. The summed E-state index contributed by atoms with van der Waals surface area (Å²) in [7, 11) is 0. The SMILES string of the molecule is CCN(CCC#N)C(=O)C(N)c1ccc(C)cc1. The Hall–Kier alpha value is -1.86. The second-order valence-corrected chi connectivity index (χ2v) is 4.21. The van der Waals surface area contributed by atoms with Crippen LogP contribution in [0.1, 0.15) is 30.5 Å². The Balaban J connectivity index is 2.76. The van der Waals surface area contributed by atoms with Gasteiger partial charge in [-0.2, -0.15) is 5.26 Å². The standard InChI is InChI=1S/C14H19N3O/c1-3-17(10-4-9-15)14(18)13(16)12-7-5-11(2)6-8-12/h5-8,13H,3-4,10,16H2,1-2H3. The van der Waals surface area contributed by atoms with Crippen LogP contribution >= 0.6 is 0 Å². The fraction of sp³-hybridized carbons (Fsp3) is 0.429. The Labute approximate surface area is 108 Å². The van der Waals surface area contributed by atoms with Crippen LogP contribution in [0.2, 0.25) is 0 Å². The van der Waals surface area contributed by atoms with E-state index in [-0.39, 0.29) is 5.91 Å². The molecule has 0 heterocycles. The molecule has 0 radical (unpaired) electrons. The Kier molecular flexibility index (Phi) is 5.34. The number of hydrogen-bond acceptors (Lipinski definition) is 3. The molecule has 0 fully saturated rings. The van der Waals surface area contributed by atoms with Gasteiger partial charge in [0.1, 0.15) is 6.04 Å². The largest absolute Gasteiger partial charge is 0.340 e. The number of carbonyl (C=O) groups excluding carboxylic acids is 1. The number of carbonyl (C=O) groups is 1. The molecular formula is C14H19N3O. The molecule has 1 atom stereocenters. The summed E-state index contributed by atoms with van der Waals surface area (Å²) in [6.45, 7) is 4.88. The summed E-state index contributed by atoms with van der Waals surface area (Å²) in [6.07, 6.45) is 0.334. The molecule has 2 N–H and O–H groups in total. The van der Waals surface area contributed by atoms with Crippen molar-refractivity contribution in [2.45, 2.75) is 26.3 Å². The molecule has 0 bridgehead atoms. The summed E-state index contributed by atoms with van der Waals surface area (Å²) in [4.78, 5) is 13.8. The van der Waals surface area contributed by atoms with Crippen LogP contribution in [0.3, 0.4) is 0 Å². The molecule has 0 spiro atoms. The van der Waals surface area contributed by atoms with Crippen molar-refractivity contribution < 1.29 is 4.79 Å². The third-order valence-corrected chi connectivity index (χ3v) is 2.89. The molecule has 1 aromatic carbocycles. The van der Waals surface area contributed by atoms with Crippen molar-refractivity contribution >= 4 is 5.91 Å². The maximum atomic E-state index is 12.2. The fourth-order valence-corrected chi connectivity index (χ4v) is 1.72. The van der Waals surface area contributed by atoms with Gasteiger partial charge in [-0.05, 0) is 19.4 Å². The summed E-state index contributed by atoms with van der Waals surface area (Å²) in [5, 5.41) is 8.56. The lowest BCUT2D eigenvalue weighted by molar-refractivity contribution is -0.132. The Bertz CT molecular complexity index is 433. The molecule has 0 aliphatic rings. The van der Waals surface area contributed by atoms with Crippen molar-refractivity contribution in [1.29, 1.82) is 5.26 Å². The number of amides is 1. The topological polar surface area (TPSA) is 70.1 Å². The van der Waals surface area contributed by atoms with Crippen LogP contribution in [0.4, 0.5) is 0 Å². The van der Waals surface area contributed by atoms with Gasteiger partial charge in [-0.3, -0.25) is 4.79 Å². The maximum Gasteiger partial charge on any atom is 0.244 e. The second kappa shape index (κ2) is 6.77. The summed E-state index contributed by atoms with van der Waals surface area (Å²) in [5.74, 6) is -0.128. The van der Waals surface area contributed by atoms with E-state index in [2.05, 4.69) is 0 Å². The minimum absolute atomic E-state index is 0.128. The van der Waals surface area contributed by atoms with E-state index < -0.39 is 6.04 Å². The highest BCUT2D eigenvalue weighted by Gasteiger charge is 2.20. The van der Waals surface area contributed by atoms with Gasteiger partial charge in [0.05, 0.1) is 12.5 Å². The minimum atomic E-state index is -0.649. The molecule has 0 aliphatic heterocycles. The summed E-state index contributed by atoms with van der Waals surface area (Å²) in [5.41, 5.74) is 7.90. The van der Waals surface area contributed by atoms with Crippen LogP contribution in [0, 0.1) is 18.3 Å². The van der Waals surface area contributed by atoms with Crippen LogP contribution in [0.5, 0.6) is 0 Å². The normalized spacial score (nSPS) is 11.7. The average molecular weight is 245 g/mol. The molecule has 0 aliphatic carbocycles. The van der Waals surface area contributed by atoms with Gasteiger partial charge < -0.3 is 10.6 Å². The van der Waals surface area contributed by atoms with Gasteiger partial charge in [0.2, 0.25) is 5.91 Å².